The predicted molar refractivity (Wildman–Crippen MR) is 125 cm³/mol. The Morgan fingerprint density at radius 1 is 1.09 bits per heavy atom. The van der Waals surface area contributed by atoms with Gasteiger partial charge in [0.25, 0.3) is 0 Å². The van der Waals surface area contributed by atoms with Gasteiger partial charge in [-0.3, -0.25) is 13.9 Å². The van der Waals surface area contributed by atoms with E-state index in [4.69, 9.17) is 4.74 Å². The maximum absolute atomic E-state index is 13.4. The fraction of sp³-hybridized carbons (Fsp3) is 0.391. The molecule has 0 fully saturated rings. The molecule has 2 aromatic carbocycles. The summed E-state index contributed by atoms with van der Waals surface area (Å²) < 4.78 is 31.3. The predicted octanol–water partition coefficient (Wildman–Crippen LogP) is 2.06. The lowest BCUT2D eigenvalue weighted by Crippen LogP contribution is -2.52. The summed E-state index contributed by atoms with van der Waals surface area (Å²) in [6, 6.07) is 15.4. The van der Waals surface area contributed by atoms with E-state index in [-0.39, 0.29) is 12.5 Å². The smallest absolute Gasteiger partial charge is 0.244 e. The van der Waals surface area contributed by atoms with Crippen molar-refractivity contribution in [1.29, 1.82) is 0 Å². The van der Waals surface area contributed by atoms with Crippen molar-refractivity contribution in [2.45, 2.75) is 25.8 Å². The summed E-state index contributed by atoms with van der Waals surface area (Å²) in [6.45, 7) is 1.68. The number of likely N-dealkylation sites (N-methyl/N-ethyl adjacent to an activating group) is 1. The van der Waals surface area contributed by atoms with E-state index < -0.39 is 28.5 Å². The Morgan fingerprint density at radius 2 is 1.78 bits per heavy atom. The Morgan fingerprint density at radius 3 is 2.34 bits per heavy atom. The van der Waals surface area contributed by atoms with E-state index in [0.29, 0.717) is 24.3 Å². The standard InChI is InChI=1S/C23H31N3O5S/c1-5-21(23(28)24-2)25(15-14-18-10-7-6-8-11-18)22(27)17-26(32(4,29)30)19-12-9-13-20(16-19)31-3/h6-13,16,21H,5,14-15,17H2,1-4H3,(H,24,28)/t21-/m1/s1. The fourth-order valence-corrected chi connectivity index (χ4v) is 4.28. The van der Waals surface area contributed by atoms with E-state index in [1.807, 2.05) is 37.3 Å². The molecule has 32 heavy (non-hydrogen) atoms. The molecule has 0 aliphatic heterocycles. The first kappa shape index (κ1) is 25.2. The molecule has 0 bridgehead atoms. The van der Waals surface area contributed by atoms with Crippen LogP contribution < -0.4 is 14.4 Å². The van der Waals surface area contributed by atoms with Gasteiger partial charge in [-0.25, -0.2) is 8.42 Å². The van der Waals surface area contributed by atoms with Crippen LogP contribution in [0.25, 0.3) is 0 Å². The number of anilines is 1. The van der Waals surface area contributed by atoms with Crippen LogP contribution in [-0.2, 0) is 26.0 Å². The van der Waals surface area contributed by atoms with Gasteiger partial charge in [0.15, 0.2) is 0 Å². The minimum absolute atomic E-state index is 0.282. The molecule has 0 unspecified atom stereocenters. The molecule has 9 heteroatoms. The van der Waals surface area contributed by atoms with Crippen molar-refractivity contribution in [2.75, 3.05) is 37.8 Å². The van der Waals surface area contributed by atoms with Gasteiger partial charge in [0, 0.05) is 19.7 Å². The molecule has 0 spiro atoms. The summed E-state index contributed by atoms with van der Waals surface area (Å²) in [4.78, 5) is 27.3. The van der Waals surface area contributed by atoms with Crippen LogP contribution in [0.4, 0.5) is 5.69 Å². The number of amides is 2. The summed E-state index contributed by atoms with van der Waals surface area (Å²) >= 11 is 0. The van der Waals surface area contributed by atoms with Crippen LogP contribution in [-0.4, -0.2) is 64.7 Å². The molecule has 2 rings (SSSR count). The van der Waals surface area contributed by atoms with Crippen molar-refractivity contribution in [3.8, 4) is 5.75 Å². The van der Waals surface area contributed by atoms with E-state index in [9.17, 15) is 18.0 Å². The highest BCUT2D eigenvalue weighted by Gasteiger charge is 2.31. The number of nitrogens with zero attached hydrogens (tertiary/aromatic N) is 2. The number of benzene rings is 2. The van der Waals surface area contributed by atoms with Crippen molar-refractivity contribution in [1.82, 2.24) is 10.2 Å². The van der Waals surface area contributed by atoms with Crippen molar-refractivity contribution >= 4 is 27.5 Å². The van der Waals surface area contributed by atoms with Gasteiger partial charge in [0.05, 0.1) is 19.1 Å². The normalized spacial score (nSPS) is 12.0. The number of nitrogens with one attached hydrogen (secondary N) is 1. The first-order valence-electron chi connectivity index (χ1n) is 10.4. The van der Waals surface area contributed by atoms with E-state index in [0.717, 1.165) is 16.1 Å². The van der Waals surface area contributed by atoms with Gasteiger partial charge in [0.1, 0.15) is 18.3 Å². The van der Waals surface area contributed by atoms with Crippen LogP contribution in [0.2, 0.25) is 0 Å². The van der Waals surface area contributed by atoms with Crippen LogP contribution in [0.1, 0.15) is 18.9 Å². The number of rotatable bonds is 11. The maximum Gasteiger partial charge on any atom is 0.244 e. The second-order valence-electron chi connectivity index (χ2n) is 7.33. The Hall–Kier alpha value is -3.07. The summed E-state index contributed by atoms with van der Waals surface area (Å²) in [5, 5.41) is 2.60. The van der Waals surface area contributed by atoms with Gasteiger partial charge in [-0.05, 0) is 30.5 Å². The molecule has 2 aromatic rings. The molecule has 2 amide bonds. The Balaban J connectivity index is 2.35. The molecule has 0 aromatic heterocycles. The minimum Gasteiger partial charge on any atom is -0.497 e. The lowest BCUT2D eigenvalue weighted by molar-refractivity contribution is -0.139. The Bertz CT molecular complexity index is 1010. The van der Waals surface area contributed by atoms with Gasteiger partial charge in [-0.1, -0.05) is 43.3 Å². The second-order valence-corrected chi connectivity index (χ2v) is 9.24. The molecule has 0 aliphatic carbocycles. The highest BCUT2D eigenvalue weighted by Crippen LogP contribution is 2.23. The number of ether oxygens (including phenoxy) is 1. The maximum atomic E-state index is 13.4. The van der Waals surface area contributed by atoms with E-state index >= 15 is 0 Å². The molecule has 8 nitrogen and oxygen atoms in total. The van der Waals surface area contributed by atoms with Crippen molar-refractivity contribution in [3.05, 3.63) is 60.2 Å². The molecule has 0 aliphatic rings. The topological polar surface area (TPSA) is 96.0 Å². The number of carbonyl (C=O) groups excluding carboxylic acids is 2. The van der Waals surface area contributed by atoms with E-state index in [1.54, 1.807) is 24.3 Å². The van der Waals surface area contributed by atoms with Crippen molar-refractivity contribution in [3.63, 3.8) is 0 Å². The third-order valence-corrected chi connectivity index (χ3v) is 6.28. The largest absolute Gasteiger partial charge is 0.497 e. The number of hydrogen-bond acceptors (Lipinski definition) is 5. The van der Waals surface area contributed by atoms with Crippen LogP contribution >= 0.6 is 0 Å². The van der Waals surface area contributed by atoms with Gasteiger partial charge in [-0.15, -0.1) is 0 Å². The summed E-state index contributed by atoms with van der Waals surface area (Å²) in [7, 11) is -0.768. The van der Waals surface area contributed by atoms with Gasteiger partial charge < -0.3 is 15.0 Å². The zero-order valence-corrected chi connectivity index (χ0v) is 19.8. The zero-order chi connectivity index (χ0) is 23.7. The van der Waals surface area contributed by atoms with Crippen LogP contribution in [0.5, 0.6) is 5.75 Å². The van der Waals surface area contributed by atoms with Gasteiger partial charge in [-0.2, -0.15) is 0 Å². The lowest BCUT2D eigenvalue weighted by atomic mass is 10.1. The number of carbonyl (C=O) groups is 2. The molecule has 0 heterocycles. The molecule has 1 atom stereocenters. The lowest BCUT2D eigenvalue weighted by Gasteiger charge is -2.32. The van der Waals surface area contributed by atoms with Crippen LogP contribution in [0.3, 0.4) is 0 Å². The first-order chi connectivity index (χ1) is 15.2. The van der Waals surface area contributed by atoms with Gasteiger partial charge in [0.2, 0.25) is 21.8 Å². The molecular weight excluding hydrogens is 430 g/mol. The van der Waals surface area contributed by atoms with Crippen molar-refractivity contribution in [2.24, 2.45) is 0 Å². The molecule has 174 valence electrons. The van der Waals surface area contributed by atoms with E-state index in [1.165, 1.54) is 19.1 Å². The van der Waals surface area contributed by atoms with Crippen molar-refractivity contribution < 1.29 is 22.7 Å². The van der Waals surface area contributed by atoms with Gasteiger partial charge >= 0.3 is 0 Å². The van der Waals surface area contributed by atoms with E-state index in [2.05, 4.69) is 5.32 Å². The molecule has 0 saturated heterocycles. The average Bonchev–Trinajstić information content (AvgIpc) is 2.79. The Kier molecular flexibility index (Phi) is 9.07. The molecule has 0 radical (unpaired) electrons. The SMILES string of the molecule is CC[C@H](C(=O)NC)N(CCc1ccccc1)C(=O)CN(c1cccc(OC)c1)S(C)(=O)=O. The van der Waals surface area contributed by atoms with Crippen LogP contribution in [0.15, 0.2) is 54.6 Å². The average molecular weight is 462 g/mol. The zero-order valence-electron chi connectivity index (χ0n) is 18.9. The third-order valence-electron chi connectivity index (χ3n) is 5.14. The van der Waals surface area contributed by atoms with Crippen LogP contribution in [0, 0.1) is 0 Å². The minimum atomic E-state index is -3.77. The highest BCUT2D eigenvalue weighted by atomic mass is 32.2. The quantitative estimate of drug-likeness (QED) is 0.553. The molecular formula is C23H31N3O5S. The summed E-state index contributed by atoms with van der Waals surface area (Å²) in [5.41, 5.74) is 1.33. The monoisotopic (exact) mass is 461 g/mol. The first-order valence-corrected chi connectivity index (χ1v) is 12.2. The molecule has 0 saturated carbocycles. The highest BCUT2D eigenvalue weighted by molar-refractivity contribution is 7.92. The number of sulfonamides is 1. The third kappa shape index (κ3) is 6.71. The summed E-state index contributed by atoms with van der Waals surface area (Å²) in [6.07, 6.45) is 1.99. The fourth-order valence-electron chi connectivity index (χ4n) is 3.44. The summed E-state index contributed by atoms with van der Waals surface area (Å²) in [5.74, 6) is -0.271. The Labute approximate surface area is 190 Å². The number of hydrogen-bond donors (Lipinski definition) is 1. The second kappa shape index (κ2) is 11.5. The number of methoxy groups -OCH3 is 1. The molecule has 1 N–H and O–H groups in total.